The Hall–Kier alpha value is -0.870. The van der Waals surface area contributed by atoms with Gasteiger partial charge in [-0.25, -0.2) is 17.2 Å². The third-order valence-corrected chi connectivity index (χ3v) is 5.23. The topological polar surface area (TPSA) is 63.2 Å². The van der Waals surface area contributed by atoms with E-state index in [1.54, 1.807) is 5.32 Å². The number of carbonyl (C=O) groups excluding carboxylic acids is 1. The van der Waals surface area contributed by atoms with Crippen molar-refractivity contribution < 1.29 is 30.8 Å². The Kier molecular flexibility index (Phi) is 5.39. The van der Waals surface area contributed by atoms with Crippen molar-refractivity contribution in [3.05, 3.63) is 17.0 Å². The second kappa shape index (κ2) is 6.27. The first kappa shape index (κ1) is 17.2. The van der Waals surface area contributed by atoms with Gasteiger partial charge in [0.2, 0.25) is 5.91 Å². The summed E-state index contributed by atoms with van der Waals surface area (Å²) in [5, 5.41) is 1.66. The number of nitrogens with one attached hydrogen (secondary N) is 1. The van der Waals surface area contributed by atoms with Gasteiger partial charge in [-0.05, 0) is 12.1 Å². The minimum Gasteiger partial charge on any atom is -0.350 e. The summed E-state index contributed by atoms with van der Waals surface area (Å²) >= 11 is 0.691. The molecule has 1 aromatic heterocycles. The predicted molar refractivity (Wildman–Crippen MR) is 65.0 cm³/mol. The van der Waals surface area contributed by atoms with Crippen LogP contribution in [-0.4, -0.2) is 33.2 Å². The van der Waals surface area contributed by atoms with Crippen LogP contribution >= 0.6 is 22.0 Å². The first-order valence-corrected chi connectivity index (χ1v) is 8.11. The molecule has 1 rings (SSSR count). The van der Waals surface area contributed by atoms with Crippen molar-refractivity contribution in [3.8, 4) is 0 Å². The Morgan fingerprint density at radius 1 is 1.40 bits per heavy atom. The summed E-state index contributed by atoms with van der Waals surface area (Å²) in [6, 6.07) is 2.44. The van der Waals surface area contributed by atoms with E-state index in [1.807, 2.05) is 0 Å². The van der Waals surface area contributed by atoms with E-state index in [4.69, 9.17) is 10.7 Å². The van der Waals surface area contributed by atoms with Crippen molar-refractivity contribution in [3.63, 3.8) is 0 Å². The van der Waals surface area contributed by atoms with Gasteiger partial charge in [-0.15, -0.1) is 11.3 Å². The Labute approximate surface area is 120 Å². The van der Waals surface area contributed by atoms with E-state index < -0.39 is 40.3 Å². The number of rotatable bonds is 6. The Morgan fingerprint density at radius 3 is 2.45 bits per heavy atom. The van der Waals surface area contributed by atoms with Gasteiger partial charge in [-0.2, -0.15) is 8.78 Å². The highest BCUT2D eigenvalue weighted by Gasteiger charge is 2.40. The lowest BCUT2D eigenvalue weighted by molar-refractivity contribution is -0.136. The van der Waals surface area contributed by atoms with E-state index in [-0.39, 0.29) is 9.09 Å². The van der Waals surface area contributed by atoms with Crippen LogP contribution in [0.1, 0.15) is 4.88 Å². The average molecular weight is 354 g/mol. The Bertz CT molecular complexity index is 588. The third kappa shape index (κ3) is 4.91. The van der Waals surface area contributed by atoms with Gasteiger partial charge in [-0.1, -0.05) is 0 Å². The molecule has 1 N–H and O–H groups in total. The molecule has 4 nitrogen and oxygen atoms in total. The van der Waals surface area contributed by atoms with Crippen LogP contribution in [0.15, 0.2) is 16.3 Å². The molecule has 0 bridgehead atoms. The second-order valence-corrected chi connectivity index (χ2v) is 7.63. The van der Waals surface area contributed by atoms with Gasteiger partial charge < -0.3 is 5.32 Å². The van der Waals surface area contributed by atoms with E-state index in [9.17, 15) is 30.8 Å². The Balaban J connectivity index is 2.58. The number of carbonyl (C=O) groups is 1. The molecule has 0 saturated carbocycles. The van der Waals surface area contributed by atoms with Crippen molar-refractivity contribution in [1.29, 1.82) is 0 Å². The van der Waals surface area contributed by atoms with Crippen molar-refractivity contribution in [2.45, 2.75) is 23.0 Å². The molecule has 0 unspecified atom stereocenters. The molecule has 1 aromatic rings. The van der Waals surface area contributed by atoms with E-state index in [2.05, 4.69) is 0 Å². The number of hydrogen-bond acceptors (Lipinski definition) is 4. The maximum Gasteiger partial charge on any atom is 0.324 e. The van der Waals surface area contributed by atoms with Crippen LogP contribution in [0.3, 0.4) is 0 Å². The minimum absolute atomic E-state index is 0.195. The summed E-state index contributed by atoms with van der Waals surface area (Å²) in [5.74, 6) is -5.24. The van der Waals surface area contributed by atoms with E-state index in [0.717, 1.165) is 6.07 Å². The molecule has 0 aliphatic rings. The van der Waals surface area contributed by atoms with Crippen LogP contribution in [0, 0.1) is 0 Å². The van der Waals surface area contributed by atoms with E-state index in [1.165, 1.54) is 6.07 Å². The van der Waals surface area contributed by atoms with Gasteiger partial charge in [0.25, 0.3) is 9.05 Å². The van der Waals surface area contributed by atoms with Crippen molar-refractivity contribution >= 4 is 37.0 Å². The van der Waals surface area contributed by atoms with Crippen molar-refractivity contribution in [2.24, 2.45) is 0 Å². The van der Waals surface area contributed by atoms with Crippen LogP contribution in [0.5, 0.6) is 0 Å². The molecule has 11 heteroatoms. The summed E-state index contributed by atoms with van der Waals surface area (Å²) in [6.07, 6.45) is -4.28. The van der Waals surface area contributed by atoms with Crippen LogP contribution in [-0.2, 0) is 20.3 Å². The molecule has 0 aliphatic heterocycles. The number of alkyl halides is 4. The molecule has 0 saturated heterocycles. The van der Waals surface area contributed by atoms with Crippen LogP contribution in [0.25, 0.3) is 0 Å². The largest absolute Gasteiger partial charge is 0.350 e. The number of amides is 1. The number of hydrogen-bond donors (Lipinski definition) is 1. The molecule has 0 radical (unpaired) electrons. The molecule has 0 aliphatic carbocycles. The molecule has 0 aromatic carbocycles. The van der Waals surface area contributed by atoms with Crippen LogP contribution in [0.2, 0.25) is 0 Å². The van der Waals surface area contributed by atoms with E-state index in [0.29, 0.717) is 11.3 Å². The lowest BCUT2D eigenvalue weighted by atomic mass is 10.3. The molecular formula is C9H8ClF4NO3S2. The zero-order chi connectivity index (χ0) is 15.6. The van der Waals surface area contributed by atoms with Gasteiger partial charge in [0.05, 0.1) is 13.0 Å². The fourth-order valence-corrected chi connectivity index (χ4v) is 3.22. The predicted octanol–water partition coefficient (Wildman–Crippen LogP) is 2.23. The maximum atomic E-state index is 12.5. The summed E-state index contributed by atoms with van der Waals surface area (Å²) in [6.45, 7) is -1.49. The third-order valence-electron chi connectivity index (χ3n) is 2.05. The SMILES string of the molecule is O=C(Cc1ccc(S(=O)(=O)Cl)s1)NCC(F)(F)C(F)F. The van der Waals surface area contributed by atoms with Gasteiger partial charge in [0, 0.05) is 15.6 Å². The quantitative estimate of drug-likeness (QED) is 0.630. The van der Waals surface area contributed by atoms with Crippen molar-refractivity contribution in [1.82, 2.24) is 5.32 Å². The fourth-order valence-electron chi connectivity index (χ4n) is 1.10. The molecule has 20 heavy (non-hydrogen) atoms. The number of thiophene rings is 1. The average Bonchev–Trinajstić information content (AvgIpc) is 2.74. The van der Waals surface area contributed by atoms with Crippen LogP contribution < -0.4 is 5.32 Å². The molecule has 0 spiro atoms. The molecule has 0 atom stereocenters. The smallest absolute Gasteiger partial charge is 0.324 e. The highest BCUT2D eigenvalue weighted by Crippen LogP contribution is 2.25. The number of halogens is 5. The lowest BCUT2D eigenvalue weighted by Crippen LogP contribution is -2.41. The molecule has 1 amide bonds. The van der Waals surface area contributed by atoms with Gasteiger partial charge in [-0.3, -0.25) is 4.79 Å². The highest BCUT2D eigenvalue weighted by molar-refractivity contribution is 8.15. The molecule has 114 valence electrons. The monoisotopic (exact) mass is 353 g/mol. The minimum atomic E-state index is -4.31. The summed E-state index contributed by atoms with van der Waals surface area (Å²) < 4.78 is 70.5. The normalized spacial score (nSPS) is 12.7. The summed E-state index contributed by atoms with van der Waals surface area (Å²) in [4.78, 5) is 11.5. The summed E-state index contributed by atoms with van der Waals surface area (Å²) in [5.41, 5.74) is 0. The zero-order valence-electron chi connectivity index (χ0n) is 9.58. The lowest BCUT2D eigenvalue weighted by Gasteiger charge is -2.15. The zero-order valence-corrected chi connectivity index (χ0v) is 12.0. The molecular weight excluding hydrogens is 346 g/mol. The first-order valence-electron chi connectivity index (χ1n) is 4.98. The highest BCUT2D eigenvalue weighted by atomic mass is 35.7. The second-order valence-electron chi connectivity index (χ2n) is 3.67. The van der Waals surface area contributed by atoms with Gasteiger partial charge >= 0.3 is 12.3 Å². The fraction of sp³-hybridized carbons (Fsp3) is 0.444. The maximum absolute atomic E-state index is 12.5. The van der Waals surface area contributed by atoms with Gasteiger partial charge in [0.15, 0.2) is 0 Å². The van der Waals surface area contributed by atoms with Crippen LogP contribution in [0.4, 0.5) is 17.6 Å². The van der Waals surface area contributed by atoms with Gasteiger partial charge in [0.1, 0.15) is 4.21 Å². The van der Waals surface area contributed by atoms with Crippen molar-refractivity contribution in [2.75, 3.05) is 6.54 Å². The van der Waals surface area contributed by atoms with E-state index >= 15 is 0 Å². The summed E-state index contributed by atoms with van der Waals surface area (Å²) in [7, 11) is 1.14. The first-order chi connectivity index (χ1) is 9.02. The standard InChI is InChI=1S/C9H8ClF4NO3S2/c10-20(17,18)7-2-1-5(19-7)3-6(16)15-4-9(13,14)8(11)12/h1-2,8H,3-4H2,(H,15,16). The molecule has 0 fully saturated rings. The Morgan fingerprint density at radius 2 is 2.00 bits per heavy atom. The molecule has 1 heterocycles.